The molecule has 0 atom stereocenters. The third-order valence-corrected chi connectivity index (χ3v) is 2.42. The molecule has 3 nitrogen and oxygen atoms in total. The van der Waals surface area contributed by atoms with Crippen LogP contribution in [0.4, 0.5) is 0 Å². The van der Waals surface area contributed by atoms with Crippen molar-refractivity contribution in [3.8, 4) is 0 Å². The Labute approximate surface area is 72.7 Å². The first-order valence-corrected chi connectivity index (χ1v) is 4.36. The molecular weight excluding hydrogens is 154 g/mol. The summed E-state index contributed by atoms with van der Waals surface area (Å²) in [6, 6.07) is 0.400. The number of rotatable bonds is 3. The molecule has 0 aromatic heterocycles. The summed E-state index contributed by atoms with van der Waals surface area (Å²) in [4.78, 5) is 23.6. The SMILES string of the molecule is CC(=O)CC(=O)N(C)C1CCC1. The highest BCUT2D eigenvalue weighted by Crippen LogP contribution is 2.23. The Balaban J connectivity index is 2.34. The van der Waals surface area contributed by atoms with Gasteiger partial charge in [0.2, 0.25) is 5.91 Å². The predicted octanol–water partition coefficient (Wildman–Crippen LogP) is 0.976. The van der Waals surface area contributed by atoms with E-state index in [-0.39, 0.29) is 18.1 Å². The van der Waals surface area contributed by atoms with Crippen LogP contribution in [0, 0.1) is 0 Å². The smallest absolute Gasteiger partial charge is 0.229 e. The summed E-state index contributed by atoms with van der Waals surface area (Å²) in [5.41, 5.74) is 0. The standard InChI is InChI=1S/C9H15NO2/c1-7(11)6-9(12)10(2)8-4-3-5-8/h8H,3-6H2,1-2H3. The van der Waals surface area contributed by atoms with Crippen LogP contribution < -0.4 is 0 Å². The lowest BCUT2D eigenvalue weighted by atomic mass is 9.91. The lowest BCUT2D eigenvalue weighted by Gasteiger charge is -2.34. The van der Waals surface area contributed by atoms with Gasteiger partial charge in [0.05, 0.1) is 6.42 Å². The molecule has 68 valence electrons. The topological polar surface area (TPSA) is 37.4 Å². The van der Waals surface area contributed by atoms with Crippen molar-refractivity contribution in [2.45, 2.75) is 38.6 Å². The van der Waals surface area contributed by atoms with Crippen LogP contribution in [0.15, 0.2) is 0 Å². The second-order valence-corrected chi connectivity index (χ2v) is 3.47. The number of hydrogen-bond acceptors (Lipinski definition) is 2. The number of carbonyl (C=O) groups is 2. The van der Waals surface area contributed by atoms with E-state index in [9.17, 15) is 9.59 Å². The van der Waals surface area contributed by atoms with E-state index < -0.39 is 0 Å². The lowest BCUT2D eigenvalue weighted by Crippen LogP contribution is -2.41. The molecule has 0 N–H and O–H groups in total. The van der Waals surface area contributed by atoms with E-state index in [2.05, 4.69) is 0 Å². The third-order valence-electron chi connectivity index (χ3n) is 2.42. The van der Waals surface area contributed by atoms with E-state index in [1.807, 2.05) is 0 Å². The zero-order chi connectivity index (χ0) is 9.14. The first-order valence-electron chi connectivity index (χ1n) is 4.36. The van der Waals surface area contributed by atoms with E-state index in [1.54, 1.807) is 11.9 Å². The van der Waals surface area contributed by atoms with Crippen molar-refractivity contribution in [1.29, 1.82) is 0 Å². The summed E-state index contributed by atoms with van der Waals surface area (Å²) in [6.07, 6.45) is 3.47. The minimum atomic E-state index is -0.0498. The summed E-state index contributed by atoms with van der Waals surface area (Å²) in [7, 11) is 1.79. The molecule has 1 amide bonds. The fourth-order valence-electron chi connectivity index (χ4n) is 1.32. The van der Waals surface area contributed by atoms with Crippen LogP contribution in [0.3, 0.4) is 0 Å². The highest BCUT2D eigenvalue weighted by Gasteiger charge is 2.25. The summed E-state index contributed by atoms with van der Waals surface area (Å²) < 4.78 is 0. The van der Waals surface area contributed by atoms with Gasteiger partial charge in [-0.3, -0.25) is 9.59 Å². The van der Waals surface area contributed by atoms with E-state index in [1.165, 1.54) is 13.3 Å². The van der Waals surface area contributed by atoms with Gasteiger partial charge in [0, 0.05) is 13.1 Å². The van der Waals surface area contributed by atoms with Crippen LogP contribution in [0.25, 0.3) is 0 Å². The van der Waals surface area contributed by atoms with Gasteiger partial charge in [-0.2, -0.15) is 0 Å². The van der Waals surface area contributed by atoms with E-state index in [0.29, 0.717) is 6.04 Å². The fourth-order valence-corrected chi connectivity index (χ4v) is 1.32. The van der Waals surface area contributed by atoms with Gasteiger partial charge in [0.1, 0.15) is 5.78 Å². The van der Waals surface area contributed by atoms with Gasteiger partial charge in [-0.05, 0) is 26.2 Å². The molecule has 3 heteroatoms. The van der Waals surface area contributed by atoms with Crippen molar-refractivity contribution in [1.82, 2.24) is 4.90 Å². The second-order valence-electron chi connectivity index (χ2n) is 3.47. The Hall–Kier alpha value is -0.860. The van der Waals surface area contributed by atoms with E-state index in [4.69, 9.17) is 0 Å². The summed E-state index contributed by atoms with van der Waals surface area (Å²) in [5.74, 6) is -0.0848. The number of hydrogen-bond donors (Lipinski definition) is 0. The first kappa shape index (κ1) is 9.23. The Bertz CT molecular complexity index is 197. The van der Waals surface area contributed by atoms with Crippen LogP contribution in [0.1, 0.15) is 32.6 Å². The molecular formula is C9H15NO2. The van der Waals surface area contributed by atoms with Crippen LogP contribution in [-0.4, -0.2) is 29.7 Å². The molecule has 1 aliphatic carbocycles. The zero-order valence-electron chi connectivity index (χ0n) is 7.67. The lowest BCUT2D eigenvalue weighted by molar-refractivity contribution is -0.136. The predicted molar refractivity (Wildman–Crippen MR) is 45.7 cm³/mol. The largest absolute Gasteiger partial charge is 0.342 e. The van der Waals surface area contributed by atoms with E-state index >= 15 is 0 Å². The van der Waals surface area contributed by atoms with Crippen LogP contribution >= 0.6 is 0 Å². The normalized spacial score (nSPS) is 16.8. The van der Waals surface area contributed by atoms with Crippen molar-refractivity contribution < 1.29 is 9.59 Å². The van der Waals surface area contributed by atoms with Gasteiger partial charge in [0.15, 0.2) is 0 Å². The molecule has 1 fully saturated rings. The number of amides is 1. The number of nitrogens with zero attached hydrogens (tertiary/aromatic N) is 1. The maximum absolute atomic E-state index is 11.3. The highest BCUT2D eigenvalue weighted by molar-refractivity contribution is 5.96. The molecule has 0 radical (unpaired) electrons. The summed E-state index contributed by atoms with van der Waals surface area (Å²) >= 11 is 0. The van der Waals surface area contributed by atoms with Crippen molar-refractivity contribution >= 4 is 11.7 Å². The first-order chi connectivity index (χ1) is 5.61. The Kier molecular flexibility index (Phi) is 2.84. The average molecular weight is 169 g/mol. The van der Waals surface area contributed by atoms with Crippen molar-refractivity contribution in [2.75, 3.05) is 7.05 Å². The monoisotopic (exact) mass is 169 g/mol. The number of Topliss-reactive ketones (excluding diaryl/α,β-unsaturated/α-hetero) is 1. The summed E-state index contributed by atoms with van der Waals surface area (Å²) in [6.45, 7) is 1.45. The Morgan fingerprint density at radius 1 is 1.42 bits per heavy atom. The molecule has 0 saturated heterocycles. The quantitative estimate of drug-likeness (QED) is 0.590. The van der Waals surface area contributed by atoms with Crippen molar-refractivity contribution in [2.24, 2.45) is 0 Å². The third kappa shape index (κ3) is 2.06. The number of carbonyl (C=O) groups excluding carboxylic acids is 2. The van der Waals surface area contributed by atoms with Gasteiger partial charge in [-0.1, -0.05) is 0 Å². The molecule has 1 saturated carbocycles. The molecule has 0 heterocycles. The molecule has 0 bridgehead atoms. The van der Waals surface area contributed by atoms with Gasteiger partial charge in [-0.15, -0.1) is 0 Å². The number of ketones is 1. The van der Waals surface area contributed by atoms with Gasteiger partial charge >= 0.3 is 0 Å². The molecule has 1 aliphatic rings. The Morgan fingerprint density at radius 2 is 2.00 bits per heavy atom. The van der Waals surface area contributed by atoms with E-state index in [0.717, 1.165) is 12.8 Å². The van der Waals surface area contributed by atoms with Gasteiger partial charge in [-0.25, -0.2) is 0 Å². The highest BCUT2D eigenvalue weighted by atomic mass is 16.2. The Morgan fingerprint density at radius 3 is 2.33 bits per heavy atom. The minimum absolute atomic E-state index is 0.0350. The maximum atomic E-state index is 11.3. The molecule has 0 spiro atoms. The minimum Gasteiger partial charge on any atom is -0.342 e. The molecule has 0 aromatic rings. The average Bonchev–Trinajstić information content (AvgIpc) is 1.81. The van der Waals surface area contributed by atoms with Crippen LogP contribution in [0.5, 0.6) is 0 Å². The molecule has 0 unspecified atom stereocenters. The fraction of sp³-hybridized carbons (Fsp3) is 0.778. The van der Waals surface area contributed by atoms with Crippen LogP contribution in [-0.2, 0) is 9.59 Å². The molecule has 0 aromatic carbocycles. The second kappa shape index (κ2) is 3.70. The van der Waals surface area contributed by atoms with Gasteiger partial charge in [0.25, 0.3) is 0 Å². The maximum Gasteiger partial charge on any atom is 0.229 e. The zero-order valence-corrected chi connectivity index (χ0v) is 7.67. The molecule has 12 heavy (non-hydrogen) atoms. The van der Waals surface area contributed by atoms with Gasteiger partial charge < -0.3 is 4.90 Å². The van der Waals surface area contributed by atoms with Crippen molar-refractivity contribution in [3.63, 3.8) is 0 Å². The van der Waals surface area contributed by atoms with Crippen LogP contribution in [0.2, 0.25) is 0 Å². The molecule has 1 rings (SSSR count). The summed E-state index contributed by atoms with van der Waals surface area (Å²) in [5, 5.41) is 0. The molecule has 0 aliphatic heterocycles. The van der Waals surface area contributed by atoms with Crippen molar-refractivity contribution in [3.05, 3.63) is 0 Å².